The monoisotopic (exact) mass is 395 g/mol. The molecule has 0 bridgehead atoms. The topological polar surface area (TPSA) is 89.0 Å². The SMILES string of the molecule is CNc1cc(Cl)ncc1-c1nnc([C@H]2C[C@H](NC(=O)OC(C)(C)C)C2)s1. The summed E-state index contributed by atoms with van der Waals surface area (Å²) >= 11 is 7.49. The Kier molecular flexibility index (Phi) is 5.34. The Morgan fingerprint density at radius 3 is 2.73 bits per heavy atom. The maximum atomic E-state index is 11.8. The Hall–Kier alpha value is -1.93. The summed E-state index contributed by atoms with van der Waals surface area (Å²) in [6, 6.07) is 1.88. The second-order valence-corrected chi connectivity index (χ2v) is 8.66. The normalized spacial score (nSPS) is 19.6. The van der Waals surface area contributed by atoms with Crippen LogP contribution in [0.5, 0.6) is 0 Å². The lowest BCUT2D eigenvalue weighted by molar-refractivity contribution is 0.0471. The smallest absolute Gasteiger partial charge is 0.407 e. The molecule has 0 spiro atoms. The van der Waals surface area contributed by atoms with E-state index in [9.17, 15) is 4.79 Å². The first-order chi connectivity index (χ1) is 12.2. The Morgan fingerprint density at radius 2 is 2.08 bits per heavy atom. The fourth-order valence-electron chi connectivity index (χ4n) is 2.73. The summed E-state index contributed by atoms with van der Waals surface area (Å²) in [5, 5.41) is 16.8. The number of carbonyl (C=O) groups excluding carboxylic acids is 1. The highest BCUT2D eigenvalue weighted by Gasteiger charge is 2.35. The van der Waals surface area contributed by atoms with Crippen molar-refractivity contribution in [2.45, 2.75) is 51.2 Å². The molecule has 7 nitrogen and oxygen atoms in total. The van der Waals surface area contributed by atoms with Crippen molar-refractivity contribution in [3.63, 3.8) is 0 Å². The van der Waals surface area contributed by atoms with Crippen LogP contribution in [0.4, 0.5) is 10.5 Å². The van der Waals surface area contributed by atoms with Crippen molar-refractivity contribution in [2.75, 3.05) is 12.4 Å². The van der Waals surface area contributed by atoms with E-state index >= 15 is 0 Å². The molecule has 26 heavy (non-hydrogen) atoms. The molecule has 0 aliphatic heterocycles. The Bertz CT molecular complexity index is 799. The van der Waals surface area contributed by atoms with Crippen LogP contribution in [0, 0.1) is 0 Å². The minimum absolute atomic E-state index is 0.118. The number of rotatable bonds is 4. The molecule has 1 fully saturated rings. The average Bonchev–Trinajstić information content (AvgIpc) is 2.97. The summed E-state index contributed by atoms with van der Waals surface area (Å²) in [4.78, 5) is 15.9. The van der Waals surface area contributed by atoms with Gasteiger partial charge in [-0.1, -0.05) is 22.9 Å². The van der Waals surface area contributed by atoms with Crippen molar-refractivity contribution in [1.29, 1.82) is 0 Å². The van der Waals surface area contributed by atoms with Gasteiger partial charge in [-0.05, 0) is 39.7 Å². The zero-order valence-electron chi connectivity index (χ0n) is 15.2. The summed E-state index contributed by atoms with van der Waals surface area (Å²) in [6.45, 7) is 5.55. The number of anilines is 1. The van der Waals surface area contributed by atoms with Gasteiger partial charge in [-0.2, -0.15) is 0 Å². The maximum absolute atomic E-state index is 11.8. The second kappa shape index (κ2) is 7.36. The van der Waals surface area contributed by atoms with Crippen LogP contribution in [0.25, 0.3) is 10.6 Å². The molecule has 140 valence electrons. The number of amides is 1. The first-order valence-corrected chi connectivity index (χ1v) is 9.61. The molecular weight excluding hydrogens is 374 g/mol. The van der Waals surface area contributed by atoms with Crippen molar-refractivity contribution < 1.29 is 9.53 Å². The lowest BCUT2D eigenvalue weighted by Crippen LogP contribution is -2.45. The minimum Gasteiger partial charge on any atom is -0.444 e. The lowest BCUT2D eigenvalue weighted by Gasteiger charge is -2.34. The molecule has 1 amide bonds. The largest absolute Gasteiger partial charge is 0.444 e. The summed E-state index contributed by atoms with van der Waals surface area (Å²) < 4.78 is 5.28. The molecular formula is C17H22ClN5O2S. The van der Waals surface area contributed by atoms with Gasteiger partial charge < -0.3 is 15.4 Å². The molecule has 1 aliphatic carbocycles. The van der Waals surface area contributed by atoms with Gasteiger partial charge in [-0.3, -0.25) is 0 Å². The molecule has 0 unspecified atom stereocenters. The first kappa shape index (κ1) is 18.8. The zero-order chi connectivity index (χ0) is 18.9. The molecule has 2 aromatic heterocycles. The lowest BCUT2D eigenvalue weighted by atomic mass is 9.81. The second-order valence-electron chi connectivity index (χ2n) is 7.26. The molecule has 0 atom stereocenters. The molecule has 9 heteroatoms. The van der Waals surface area contributed by atoms with Crippen molar-refractivity contribution in [3.8, 4) is 10.6 Å². The van der Waals surface area contributed by atoms with E-state index in [1.165, 1.54) is 0 Å². The molecule has 0 radical (unpaired) electrons. The zero-order valence-corrected chi connectivity index (χ0v) is 16.7. The molecule has 0 saturated heterocycles. The van der Waals surface area contributed by atoms with E-state index in [1.807, 2.05) is 27.8 Å². The van der Waals surface area contributed by atoms with E-state index < -0.39 is 5.60 Å². The highest BCUT2D eigenvalue weighted by atomic mass is 35.5. The standard InChI is InChI=1S/C17H22ClN5O2S/c1-17(2,3)25-16(24)21-10-5-9(6-10)14-22-23-15(26-14)11-8-20-13(18)7-12(11)19-4/h7-10H,5-6H2,1-4H3,(H,19,20)(H,21,24)/t9-,10-. The van der Waals surface area contributed by atoms with Crippen LogP contribution in [0.2, 0.25) is 5.15 Å². The number of halogens is 1. The van der Waals surface area contributed by atoms with Crippen LogP contribution < -0.4 is 10.6 Å². The van der Waals surface area contributed by atoms with E-state index in [0.29, 0.717) is 11.1 Å². The molecule has 3 rings (SSSR count). The number of nitrogens with one attached hydrogen (secondary N) is 2. The number of nitrogens with zero attached hydrogens (tertiary/aromatic N) is 3. The number of carbonyl (C=O) groups is 1. The molecule has 2 aromatic rings. The van der Waals surface area contributed by atoms with Crippen LogP contribution in [-0.4, -0.2) is 40.0 Å². The molecule has 2 heterocycles. The van der Waals surface area contributed by atoms with E-state index in [4.69, 9.17) is 16.3 Å². The third-order valence-electron chi connectivity index (χ3n) is 4.02. The summed E-state index contributed by atoms with van der Waals surface area (Å²) in [5.41, 5.74) is 1.26. The van der Waals surface area contributed by atoms with Crippen LogP contribution in [0.1, 0.15) is 44.5 Å². The number of aromatic nitrogens is 3. The number of pyridine rings is 1. The first-order valence-electron chi connectivity index (χ1n) is 8.41. The van der Waals surface area contributed by atoms with Gasteiger partial charge in [-0.15, -0.1) is 10.2 Å². The Labute approximate surface area is 161 Å². The van der Waals surface area contributed by atoms with Gasteiger partial charge in [0.05, 0.1) is 5.56 Å². The van der Waals surface area contributed by atoms with E-state index in [1.54, 1.807) is 23.6 Å². The highest BCUT2D eigenvalue weighted by molar-refractivity contribution is 7.14. The van der Waals surface area contributed by atoms with Crippen LogP contribution in [0.15, 0.2) is 12.3 Å². The molecule has 0 aromatic carbocycles. The predicted molar refractivity (Wildman–Crippen MR) is 103 cm³/mol. The van der Waals surface area contributed by atoms with Crippen LogP contribution >= 0.6 is 22.9 Å². The van der Waals surface area contributed by atoms with E-state index in [-0.39, 0.29) is 12.1 Å². The number of ether oxygens (including phenoxy) is 1. The van der Waals surface area contributed by atoms with Gasteiger partial charge >= 0.3 is 6.09 Å². The third-order valence-corrected chi connectivity index (χ3v) is 5.34. The number of hydrogen-bond donors (Lipinski definition) is 2. The van der Waals surface area contributed by atoms with E-state index in [2.05, 4.69) is 25.8 Å². The molecule has 2 N–H and O–H groups in total. The van der Waals surface area contributed by atoms with Crippen molar-refractivity contribution >= 4 is 34.7 Å². The van der Waals surface area contributed by atoms with Crippen molar-refractivity contribution in [1.82, 2.24) is 20.5 Å². The summed E-state index contributed by atoms with van der Waals surface area (Å²) in [7, 11) is 1.83. The Balaban J connectivity index is 1.60. The van der Waals surface area contributed by atoms with Gasteiger partial charge in [0.1, 0.15) is 15.8 Å². The van der Waals surface area contributed by atoms with Crippen LogP contribution in [0.3, 0.4) is 0 Å². The van der Waals surface area contributed by atoms with Crippen LogP contribution in [-0.2, 0) is 4.74 Å². The number of alkyl carbamates (subject to hydrolysis) is 1. The number of hydrogen-bond acceptors (Lipinski definition) is 7. The van der Waals surface area contributed by atoms with Gasteiger partial charge in [0.15, 0.2) is 5.01 Å². The average molecular weight is 396 g/mol. The summed E-state index contributed by atoms with van der Waals surface area (Å²) in [5.74, 6) is 0.305. The van der Waals surface area contributed by atoms with Gasteiger partial charge in [0, 0.05) is 30.9 Å². The maximum Gasteiger partial charge on any atom is 0.407 e. The fourth-order valence-corrected chi connectivity index (χ4v) is 3.88. The van der Waals surface area contributed by atoms with Gasteiger partial charge in [0.25, 0.3) is 0 Å². The predicted octanol–water partition coefficient (Wildman–Crippen LogP) is 4.07. The molecule has 1 saturated carbocycles. The van der Waals surface area contributed by atoms with E-state index in [0.717, 1.165) is 34.1 Å². The highest BCUT2D eigenvalue weighted by Crippen LogP contribution is 2.41. The fraction of sp³-hybridized carbons (Fsp3) is 0.529. The minimum atomic E-state index is -0.487. The van der Waals surface area contributed by atoms with Gasteiger partial charge in [-0.25, -0.2) is 9.78 Å². The van der Waals surface area contributed by atoms with Crippen molar-refractivity contribution in [3.05, 3.63) is 22.4 Å². The molecule has 1 aliphatic rings. The summed E-state index contributed by atoms with van der Waals surface area (Å²) in [6.07, 6.45) is 3.01. The quantitative estimate of drug-likeness (QED) is 0.758. The van der Waals surface area contributed by atoms with Gasteiger partial charge in [0.2, 0.25) is 0 Å². The Morgan fingerprint density at radius 1 is 1.35 bits per heavy atom. The van der Waals surface area contributed by atoms with Crippen molar-refractivity contribution in [2.24, 2.45) is 0 Å². The third kappa shape index (κ3) is 4.42.